The van der Waals surface area contributed by atoms with Crippen molar-refractivity contribution in [1.29, 1.82) is 0 Å². The molecule has 4 heterocycles. The predicted molar refractivity (Wildman–Crippen MR) is 306 cm³/mol. The summed E-state index contributed by atoms with van der Waals surface area (Å²) in [7, 11) is 8.49. The van der Waals surface area contributed by atoms with Crippen LogP contribution in [-0.4, -0.2) is 0 Å². The summed E-state index contributed by atoms with van der Waals surface area (Å²) in [6.07, 6.45) is 9.98. The highest BCUT2D eigenvalue weighted by Crippen LogP contribution is 2.28. The number of hydrogen-bond donors (Lipinski definition) is 0. The van der Waals surface area contributed by atoms with Gasteiger partial charge in [-0.1, -0.05) is 114 Å². The first-order valence-corrected chi connectivity index (χ1v) is 26.3. The Bertz CT molecular complexity index is 3070. The summed E-state index contributed by atoms with van der Waals surface area (Å²) in [6.45, 7) is 35.1. The van der Waals surface area contributed by atoms with Crippen molar-refractivity contribution in [3.63, 3.8) is 0 Å². The molecule has 4 aromatic heterocycles. The van der Waals surface area contributed by atoms with E-state index in [4.69, 9.17) is 0 Å². The van der Waals surface area contributed by atoms with Crippen LogP contribution in [0.4, 0.5) is 0 Å². The first kappa shape index (κ1) is 56.4. The largest absolute Gasteiger partial charge is 0.212 e. The van der Waals surface area contributed by atoms with Crippen molar-refractivity contribution in [1.82, 2.24) is 0 Å². The molecule has 0 aliphatic rings. The van der Waals surface area contributed by atoms with Crippen molar-refractivity contribution in [3.8, 4) is 45.0 Å². The Kier molecular flexibility index (Phi) is 19.8. The van der Waals surface area contributed by atoms with Gasteiger partial charge >= 0.3 is 0 Å². The normalized spacial score (nSPS) is 10.9. The van der Waals surface area contributed by atoms with Gasteiger partial charge in [0.25, 0.3) is 0 Å². The maximum absolute atomic E-state index is 2.32. The lowest BCUT2D eigenvalue weighted by atomic mass is 9.95. The van der Waals surface area contributed by atoms with Crippen molar-refractivity contribution in [3.05, 3.63) is 212 Å². The summed E-state index contributed by atoms with van der Waals surface area (Å²) in [5.74, 6) is 1.73. The van der Waals surface area contributed by atoms with E-state index in [1.165, 1.54) is 117 Å². The van der Waals surface area contributed by atoms with Crippen LogP contribution in [0.1, 0.15) is 139 Å². The predicted octanol–water partition coefficient (Wildman–Crippen LogP) is 15.4. The molecule has 0 aliphatic carbocycles. The van der Waals surface area contributed by atoms with Crippen molar-refractivity contribution in [2.75, 3.05) is 0 Å². The average Bonchev–Trinajstić information content (AvgIpc) is 3.31. The number of aryl methyl sites for hydroxylation is 14. The van der Waals surface area contributed by atoms with Crippen molar-refractivity contribution >= 4 is 0 Å². The molecular formula is C68H88N4+4. The van der Waals surface area contributed by atoms with Crippen LogP contribution in [0.25, 0.3) is 45.0 Å². The van der Waals surface area contributed by atoms with E-state index in [1.54, 1.807) is 0 Å². The van der Waals surface area contributed by atoms with Gasteiger partial charge in [0.15, 0.2) is 24.8 Å². The van der Waals surface area contributed by atoms with Crippen LogP contribution < -0.4 is 18.3 Å². The van der Waals surface area contributed by atoms with Gasteiger partial charge in [-0.3, -0.25) is 0 Å². The lowest BCUT2D eigenvalue weighted by Gasteiger charge is -2.11. The molecule has 0 saturated carbocycles. The second-order valence-corrected chi connectivity index (χ2v) is 21.4. The SMILES string of the molecule is CCc1ccc(-c2ccc(C)cc2C)[n+](C)c1.Cc1cc(C(C)C)ccc1-c1ccc(C(C)C)c[n+]1C.Cc1ccc(-c2cc(C)c(C)c[n+]2C)c(C)c1.Cc1ccc(-c2ccc(C(C)C)c[n+]2C)c(C)c1. The van der Waals surface area contributed by atoms with Crippen molar-refractivity contribution in [2.45, 2.75) is 135 Å². The second kappa shape index (κ2) is 25.2. The summed E-state index contributed by atoms with van der Waals surface area (Å²) < 4.78 is 8.90. The van der Waals surface area contributed by atoms with E-state index in [9.17, 15) is 0 Å². The van der Waals surface area contributed by atoms with Crippen molar-refractivity contribution < 1.29 is 18.3 Å². The smallest absolute Gasteiger partial charge is 0.201 e. The maximum atomic E-state index is 2.32. The van der Waals surface area contributed by atoms with Gasteiger partial charge in [0.05, 0.1) is 0 Å². The minimum Gasteiger partial charge on any atom is -0.201 e. The second-order valence-electron chi connectivity index (χ2n) is 21.4. The lowest BCUT2D eigenvalue weighted by molar-refractivity contribution is -0.661. The van der Waals surface area contributed by atoms with Gasteiger partial charge in [-0.15, -0.1) is 0 Å². The molecule has 0 saturated heterocycles. The topological polar surface area (TPSA) is 15.5 Å². The minimum absolute atomic E-state index is 0.569. The molecule has 0 N–H and O–H groups in total. The zero-order valence-corrected chi connectivity index (χ0v) is 48.0. The highest BCUT2D eigenvalue weighted by molar-refractivity contribution is 5.64. The summed E-state index contributed by atoms with van der Waals surface area (Å²) in [5.41, 5.74) is 27.9. The number of pyridine rings is 4. The third-order valence-electron chi connectivity index (χ3n) is 14.2. The van der Waals surface area contributed by atoms with E-state index in [2.05, 4.69) is 297 Å². The molecule has 4 heteroatoms. The minimum atomic E-state index is 0.569. The fraction of sp³-hybridized carbons (Fsp3) is 0.353. The van der Waals surface area contributed by atoms with Crippen LogP contribution in [0.5, 0.6) is 0 Å². The van der Waals surface area contributed by atoms with Crippen LogP contribution in [0.15, 0.2) is 140 Å². The van der Waals surface area contributed by atoms with Gasteiger partial charge in [0.2, 0.25) is 22.8 Å². The molecule has 0 amide bonds. The van der Waals surface area contributed by atoms with Gasteiger partial charge in [-0.05, 0) is 162 Å². The quantitative estimate of drug-likeness (QED) is 0.135. The number of aromatic nitrogens is 4. The van der Waals surface area contributed by atoms with E-state index in [-0.39, 0.29) is 0 Å². The van der Waals surface area contributed by atoms with Crippen LogP contribution in [0.3, 0.4) is 0 Å². The molecule has 8 aromatic rings. The zero-order chi connectivity index (χ0) is 53.1. The molecule has 0 fully saturated rings. The molecule has 72 heavy (non-hydrogen) atoms. The third-order valence-corrected chi connectivity index (χ3v) is 14.2. The molecule has 4 aromatic carbocycles. The van der Waals surface area contributed by atoms with Gasteiger partial charge in [0, 0.05) is 68.8 Å². The summed E-state index contributed by atoms with van der Waals surface area (Å²) in [4.78, 5) is 0. The highest BCUT2D eigenvalue weighted by Gasteiger charge is 2.18. The molecule has 376 valence electrons. The Labute approximate surface area is 436 Å². The first-order chi connectivity index (χ1) is 34.0. The molecule has 0 radical (unpaired) electrons. The van der Waals surface area contributed by atoms with Crippen molar-refractivity contribution in [2.24, 2.45) is 28.2 Å². The van der Waals surface area contributed by atoms with E-state index >= 15 is 0 Å². The van der Waals surface area contributed by atoms with Gasteiger partial charge < -0.3 is 0 Å². The fourth-order valence-electron chi connectivity index (χ4n) is 9.44. The van der Waals surface area contributed by atoms with Crippen LogP contribution >= 0.6 is 0 Å². The highest BCUT2D eigenvalue weighted by atomic mass is 14.9. The maximum Gasteiger partial charge on any atom is 0.212 e. The van der Waals surface area contributed by atoms with Crippen LogP contribution in [-0.2, 0) is 34.6 Å². The summed E-state index contributed by atoms with van der Waals surface area (Å²) >= 11 is 0. The number of nitrogens with zero attached hydrogens (tertiary/aromatic N) is 4. The third kappa shape index (κ3) is 14.6. The Morgan fingerprint density at radius 1 is 0.306 bits per heavy atom. The monoisotopic (exact) mass is 961 g/mol. The zero-order valence-electron chi connectivity index (χ0n) is 48.0. The van der Waals surface area contributed by atoms with E-state index in [0.717, 1.165) is 6.42 Å². The standard InChI is InChI=1S/C19H26N.C17H22N.2C16H20N/c1-13(2)16-7-9-18(15(5)11-16)19-10-8-17(14(3)4)12-20(19)6;1-12(2)15-7-9-17(18(5)11-15)16-8-6-13(3)10-14(16)4;1-11-6-7-15(13(3)8-11)16-9-12(2)14(4)10-17(16)5;1-5-14-7-9-16(17(4)11-14)15-8-6-12(2)10-13(15)3/h7-14H,1-6H3;6-12H,1-5H3;6-10H,1-5H3;6-11H,5H2,1-4H3/q4*+1. The van der Waals surface area contributed by atoms with Crippen LogP contribution in [0, 0.1) is 62.3 Å². The molecule has 0 aliphatic heterocycles. The van der Waals surface area contributed by atoms with Crippen LogP contribution in [0.2, 0.25) is 0 Å². The Hall–Kier alpha value is -6.52. The molecule has 4 nitrogen and oxygen atoms in total. The Balaban J connectivity index is 0.000000179. The Morgan fingerprint density at radius 3 is 0.986 bits per heavy atom. The molecule has 0 spiro atoms. The average molecular weight is 961 g/mol. The van der Waals surface area contributed by atoms with Gasteiger partial charge in [-0.25, -0.2) is 18.3 Å². The van der Waals surface area contributed by atoms with E-state index in [0.29, 0.717) is 17.8 Å². The summed E-state index contributed by atoms with van der Waals surface area (Å²) in [5, 5.41) is 0. The number of hydrogen-bond acceptors (Lipinski definition) is 0. The molecule has 0 bridgehead atoms. The molecule has 0 atom stereocenters. The Morgan fingerprint density at radius 2 is 0.639 bits per heavy atom. The fourth-order valence-corrected chi connectivity index (χ4v) is 9.44. The summed E-state index contributed by atoms with van der Waals surface area (Å²) in [6, 6.07) is 42.4. The first-order valence-electron chi connectivity index (χ1n) is 26.3. The van der Waals surface area contributed by atoms with Gasteiger partial charge in [-0.2, -0.15) is 0 Å². The van der Waals surface area contributed by atoms with E-state index in [1.807, 2.05) is 0 Å². The number of benzene rings is 4. The van der Waals surface area contributed by atoms with Gasteiger partial charge in [0.1, 0.15) is 28.2 Å². The molecule has 8 rings (SSSR count). The van der Waals surface area contributed by atoms with E-state index < -0.39 is 0 Å². The lowest BCUT2D eigenvalue weighted by Crippen LogP contribution is -2.31. The molecular weight excluding hydrogens is 873 g/mol. The molecule has 0 unspecified atom stereocenters. The number of rotatable bonds is 8.